The maximum Gasteiger partial charge on any atom is 0.338 e. The zero-order valence-corrected chi connectivity index (χ0v) is 24.5. The van der Waals surface area contributed by atoms with Gasteiger partial charge < -0.3 is 14.8 Å². The van der Waals surface area contributed by atoms with Crippen LogP contribution in [0.2, 0.25) is 5.02 Å². The summed E-state index contributed by atoms with van der Waals surface area (Å²) in [6, 6.07) is 22.2. The van der Waals surface area contributed by atoms with E-state index in [1.165, 1.54) is 11.8 Å². The van der Waals surface area contributed by atoms with Crippen molar-refractivity contribution in [2.45, 2.75) is 38.3 Å². The van der Waals surface area contributed by atoms with Crippen molar-refractivity contribution in [3.8, 4) is 5.75 Å². The van der Waals surface area contributed by atoms with E-state index in [1.54, 1.807) is 4.68 Å². The summed E-state index contributed by atoms with van der Waals surface area (Å²) in [5.74, 6) is 1.51. The minimum absolute atomic E-state index is 0.151. The van der Waals surface area contributed by atoms with Crippen LogP contribution in [0.4, 0.5) is 5.95 Å². The first-order valence-corrected chi connectivity index (χ1v) is 14.5. The second kappa shape index (κ2) is 12.3. The monoisotopic (exact) mass is 624 g/mol. The van der Waals surface area contributed by atoms with Gasteiger partial charge >= 0.3 is 5.97 Å². The Morgan fingerprint density at radius 1 is 1.10 bits per heavy atom. The molecule has 2 heterocycles. The number of ether oxygens (including phenoxy) is 2. The molecular formula is C29H26BrClN4O3S. The highest BCUT2D eigenvalue weighted by molar-refractivity contribution is 9.10. The number of fused-ring (bicyclic) bond motifs is 1. The summed E-state index contributed by atoms with van der Waals surface area (Å²) in [4.78, 5) is 18.3. The first-order valence-electron chi connectivity index (χ1n) is 12.4. The lowest BCUT2D eigenvalue weighted by Crippen LogP contribution is -2.30. The van der Waals surface area contributed by atoms with Crippen LogP contribution < -0.4 is 10.1 Å². The first-order chi connectivity index (χ1) is 18.9. The van der Waals surface area contributed by atoms with E-state index in [0.29, 0.717) is 33.1 Å². The Kier molecular flexibility index (Phi) is 8.60. The van der Waals surface area contributed by atoms with Crippen LogP contribution in [0.1, 0.15) is 36.6 Å². The molecule has 200 valence electrons. The van der Waals surface area contributed by atoms with Crippen LogP contribution in [0, 0.1) is 0 Å². The summed E-state index contributed by atoms with van der Waals surface area (Å²) in [5, 5.41) is 9.25. The Hall–Kier alpha value is -3.27. The minimum atomic E-state index is -0.637. The molecule has 3 aromatic carbocycles. The number of thioether (sulfide) groups is 1. The van der Waals surface area contributed by atoms with E-state index in [9.17, 15) is 4.79 Å². The molecule has 39 heavy (non-hydrogen) atoms. The number of rotatable bonds is 9. The van der Waals surface area contributed by atoms with Crippen LogP contribution in [0.15, 0.2) is 93.7 Å². The lowest BCUT2D eigenvalue weighted by atomic mass is 9.95. The van der Waals surface area contributed by atoms with Gasteiger partial charge in [0.25, 0.3) is 0 Å². The Morgan fingerprint density at radius 2 is 1.87 bits per heavy atom. The number of carbonyl (C=O) groups is 1. The first kappa shape index (κ1) is 27.3. The third kappa shape index (κ3) is 6.16. The highest BCUT2D eigenvalue weighted by atomic mass is 79.9. The number of benzene rings is 3. The van der Waals surface area contributed by atoms with Gasteiger partial charge in [-0.05, 0) is 42.5 Å². The number of allylic oxidation sites excluding steroid dienone is 1. The largest absolute Gasteiger partial charge is 0.488 e. The number of carbonyl (C=O) groups excluding carboxylic acids is 1. The fourth-order valence-electron chi connectivity index (χ4n) is 4.31. The topological polar surface area (TPSA) is 78.3 Å². The van der Waals surface area contributed by atoms with E-state index in [4.69, 9.17) is 26.2 Å². The summed E-state index contributed by atoms with van der Waals surface area (Å²) < 4.78 is 14.7. The molecular weight excluding hydrogens is 600 g/mol. The molecule has 7 nitrogen and oxygen atoms in total. The maximum absolute atomic E-state index is 13.7. The third-order valence-electron chi connectivity index (χ3n) is 6.15. The molecule has 1 aliphatic rings. The van der Waals surface area contributed by atoms with Crippen molar-refractivity contribution in [1.82, 2.24) is 14.8 Å². The summed E-state index contributed by atoms with van der Waals surface area (Å²) in [6.45, 7) is 4.30. The van der Waals surface area contributed by atoms with Gasteiger partial charge in [0.2, 0.25) is 11.1 Å². The van der Waals surface area contributed by atoms with E-state index in [1.807, 2.05) is 86.6 Å². The van der Waals surface area contributed by atoms with Crippen molar-refractivity contribution < 1.29 is 14.3 Å². The SMILES string of the molecule is CCSc1nc2n(n1)C(c1cc(Br)ccc1OCc1ccccc1Cl)C(C(=O)OCc1ccccc1)=C(C)N2. The summed E-state index contributed by atoms with van der Waals surface area (Å²) in [5.41, 5.74) is 3.57. The van der Waals surface area contributed by atoms with Crippen molar-refractivity contribution in [2.75, 3.05) is 11.1 Å². The van der Waals surface area contributed by atoms with Crippen LogP contribution >= 0.6 is 39.3 Å². The molecule has 0 amide bonds. The molecule has 1 aromatic heterocycles. The summed E-state index contributed by atoms with van der Waals surface area (Å²) in [6.07, 6.45) is 0. The predicted octanol–water partition coefficient (Wildman–Crippen LogP) is 7.42. The zero-order chi connectivity index (χ0) is 27.4. The van der Waals surface area contributed by atoms with Crippen LogP contribution in [0.25, 0.3) is 0 Å². The number of halogens is 2. The Balaban J connectivity index is 1.55. The third-order valence-corrected chi connectivity index (χ3v) is 7.73. The fraction of sp³-hybridized carbons (Fsp3) is 0.207. The molecule has 0 saturated carbocycles. The van der Waals surface area contributed by atoms with Crippen molar-refractivity contribution in [3.63, 3.8) is 0 Å². The number of nitrogens with zero attached hydrogens (tertiary/aromatic N) is 3. The van der Waals surface area contributed by atoms with Crippen LogP contribution in [-0.4, -0.2) is 26.5 Å². The summed E-state index contributed by atoms with van der Waals surface area (Å²) >= 11 is 11.5. The van der Waals surface area contributed by atoms with Gasteiger partial charge in [-0.15, -0.1) is 5.10 Å². The molecule has 1 atom stereocenters. The van der Waals surface area contributed by atoms with Gasteiger partial charge in [0, 0.05) is 26.3 Å². The van der Waals surface area contributed by atoms with Crippen LogP contribution in [0.5, 0.6) is 5.75 Å². The second-order valence-electron chi connectivity index (χ2n) is 8.79. The van der Waals surface area contributed by atoms with Gasteiger partial charge in [0.1, 0.15) is 25.0 Å². The van der Waals surface area contributed by atoms with Crippen molar-refractivity contribution >= 4 is 51.2 Å². The molecule has 1 N–H and O–H groups in total. The molecule has 0 fully saturated rings. The molecule has 0 bridgehead atoms. The van der Waals surface area contributed by atoms with Crippen LogP contribution in [-0.2, 0) is 22.7 Å². The standard InChI is InChI=1S/C29H26BrClN4O3S/c1-3-39-29-33-28-32-18(2)25(27(36)38-16-19-9-5-4-6-10-19)26(35(28)34-29)22-15-21(30)13-14-24(22)37-17-20-11-7-8-12-23(20)31/h4-15,26H,3,16-17H2,1-2H3,(H,32,33,34). The lowest BCUT2D eigenvalue weighted by Gasteiger charge is -2.29. The Morgan fingerprint density at radius 3 is 2.64 bits per heavy atom. The Bertz CT molecular complexity index is 1530. The second-order valence-corrected chi connectivity index (χ2v) is 11.3. The molecule has 0 aliphatic carbocycles. The molecule has 0 spiro atoms. The molecule has 1 aliphatic heterocycles. The number of aromatic nitrogens is 3. The normalized spacial score (nSPS) is 14.5. The highest BCUT2D eigenvalue weighted by Crippen LogP contribution is 2.41. The molecule has 1 unspecified atom stereocenters. The quantitative estimate of drug-likeness (QED) is 0.153. The Labute approximate surface area is 244 Å². The molecule has 10 heteroatoms. The maximum atomic E-state index is 13.7. The van der Waals surface area contributed by atoms with Gasteiger partial charge in [-0.2, -0.15) is 4.98 Å². The zero-order valence-electron chi connectivity index (χ0n) is 21.4. The van der Waals surface area contributed by atoms with Crippen molar-refractivity contribution in [1.29, 1.82) is 0 Å². The van der Waals surface area contributed by atoms with E-state index in [-0.39, 0.29) is 13.2 Å². The molecule has 5 rings (SSSR count). The molecule has 4 aromatic rings. The van der Waals surface area contributed by atoms with Crippen molar-refractivity contribution in [3.05, 3.63) is 110 Å². The van der Waals surface area contributed by atoms with E-state index >= 15 is 0 Å². The molecule has 0 saturated heterocycles. The highest BCUT2D eigenvalue weighted by Gasteiger charge is 2.37. The predicted molar refractivity (Wildman–Crippen MR) is 157 cm³/mol. The number of nitrogens with one attached hydrogen (secondary N) is 1. The fourth-order valence-corrected chi connectivity index (χ4v) is 5.43. The minimum Gasteiger partial charge on any atom is -0.488 e. The number of hydrogen-bond donors (Lipinski definition) is 1. The number of anilines is 1. The van der Waals surface area contributed by atoms with Gasteiger partial charge in [0.15, 0.2) is 0 Å². The van der Waals surface area contributed by atoms with Gasteiger partial charge in [0.05, 0.1) is 5.57 Å². The van der Waals surface area contributed by atoms with Gasteiger partial charge in [-0.1, -0.05) is 94.7 Å². The average molecular weight is 626 g/mol. The van der Waals surface area contributed by atoms with E-state index < -0.39 is 12.0 Å². The lowest BCUT2D eigenvalue weighted by molar-refractivity contribution is -0.140. The van der Waals surface area contributed by atoms with Gasteiger partial charge in [-0.25, -0.2) is 9.48 Å². The van der Waals surface area contributed by atoms with Crippen LogP contribution in [0.3, 0.4) is 0 Å². The van der Waals surface area contributed by atoms with Crippen molar-refractivity contribution in [2.24, 2.45) is 0 Å². The average Bonchev–Trinajstić information content (AvgIpc) is 3.33. The molecule has 0 radical (unpaired) electrons. The van der Waals surface area contributed by atoms with E-state index in [2.05, 4.69) is 26.2 Å². The van der Waals surface area contributed by atoms with Gasteiger partial charge in [-0.3, -0.25) is 0 Å². The van der Waals surface area contributed by atoms with E-state index in [0.717, 1.165) is 26.9 Å². The smallest absolute Gasteiger partial charge is 0.338 e. The summed E-state index contributed by atoms with van der Waals surface area (Å²) in [7, 11) is 0. The number of hydrogen-bond acceptors (Lipinski definition) is 7. The number of esters is 1.